The molecular weight excluding hydrogens is 120 g/mol. The number of aliphatic hydroxyl groups excluding tert-OH is 3. The standard InChI is InChI=1S/C6H12O3/c1-4(2)6(9)5(8)3-7/h6-9H,3H2,1-2H3. The van der Waals surface area contributed by atoms with E-state index in [0.29, 0.717) is 5.92 Å². The van der Waals surface area contributed by atoms with Crippen molar-refractivity contribution in [1.82, 2.24) is 0 Å². The van der Waals surface area contributed by atoms with E-state index in [-0.39, 0.29) is 6.10 Å². The van der Waals surface area contributed by atoms with Gasteiger partial charge in [-0.25, -0.2) is 0 Å². The third-order valence-corrected chi connectivity index (χ3v) is 1.02. The molecule has 0 aromatic rings. The molecule has 0 heterocycles. The molecule has 0 amide bonds. The highest BCUT2D eigenvalue weighted by Gasteiger charge is 2.19. The Morgan fingerprint density at radius 1 is 1.44 bits per heavy atom. The van der Waals surface area contributed by atoms with Crippen LogP contribution in [0.1, 0.15) is 13.8 Å². The van der Waals surface area contributed by atoms with Gasteiger partial charge in [-0.15, -0.1) is 0 Å². The molecule has 0 saturated heterocycles. The summed E-state index contributed by atoms with van der Waals surface area (Å²) in [5, 5.41) is 25.9. The van der Waals surface area contributed by atoms with Gasteiger partial charge in [0, 0.05) is 5.92 Å². The van der Waals surface area contributed by atoms with Crippen LogP contribution in [0.5, 0.6) is 0 Å². The van der Waals surface area contributed by atoms with Gasteiger partial charge in [0.05, 0.1) is 12.7 Å². The third kappa shape index (κ3) is 2.79. The first-order chi connectivity index (χ1) is 4.09. The predicted octanol–water partition coefficient (Wildman–Crippen LogP) is -0.142. The Balaban J connectivity index is 3.58. The summed E-state index contributed by atoms with van der Waals surface area (Å²) in [7, 11) is 0. The molecule has 1 unspecified atom stereocenters. The molecule has 0 saturated carbocycles. The summed E-state index contributed by atoms with van der Waals surface area (Å²) in [6.07, 6.45) is -1.27. The van der Waals surface area contributed by atoms with Crippen LogP contribution >= 0.6 is 0 Å². The van der Waals surface area contributed by atoms with Gasteiger partial charge in [0.1, 0.15) is 6.10 Å². The highest BCUT2D eigenvalue weighted by molar-refractivity contribution is 5.00. The maximum Gasteiger partial charge on any atom is 0.147 e. The molecule has 1 atom stereocenters. The van der Waals surface area contributed by atoms with Crippen LogP contribution in [0, 0.1) is 12.0 Å². The first kappa shape index (κ1) is 8.88. The van der Waals surface area contributed by atoms with Gasteiger partial charge >= 0.3 is 0 Å². The summed E-state index contributed by atoms with van der Waals surface area (Å²) >= 11 is 0. The van der Waals surface area contributed by atoms with E-state index in [1.165, 1.54) is 0 Å². The summed E-state index contributed by atoms with van der Waals surface area (Å²) < 4.78 is 0. The van der Waals surface area contributed by atoms with E-state index in [2.05, 4.69) is 0 Å². The number of aliphatic hydroxyl groups is 3. The minimum absolute atomic E-state index is 0.296. The molecule has 0 aliphatic heterocycles. The van der Waals surface area contributed by atoms with Gasteiger partial charge < -0.3 is 15.3 Å². The van der Waals surface area contributed by atoms with Crippen LogP contribution in [0.15, 0.2) is 0 Å². The summed E-state index contributed by atoms with van der Waals surface area (Å²) in [5.74, 6) is 0.668. The highest BCUT2D eigenvalue weighted by atomic mass is 16.4. The Hall–Kier alpha value is -0.120. The molecule has 0 spiro atoms. The maximum absolute atomic E-state index is 8.91. The van der Waals surface area contributed by atoms with Crippen LogP contribution < -0.4 is 0 Å². The monoisotopic (exact) mass is 132 g/mol. The second-order valence-electron chi connectivity index (χ2n) is 2.13. The minimum Gasteiger partial charge on any atom is -0.393 e. The Morgan fingerprint density at radius 2 is 1.89 bits per heavy atom. The van der Waals surface area contributed by atoms with E-state index in [0.717, 1.165) is 0 Å². The van der Waals surface area contributed by atoms with Crippen molar-refractivity contribution in [3.05, 3.63) is 12.0 Å². The number of hydrogen-bond acceptors (Lipinski definition) is 3. The van der Waals surface area contributed by atoms with E-state index in [1.54, 1.807) is 13.8 Å². The maximum atomic E-state index is 8.91. The molecule has 0 aromatic heterocycles. The topological polar surface area (TPSA) is 60.7 Å². The first-order valence-corrected chi connectivity index (χ1v) is 2.73. The molecule has 2 radical (unpaired) electrons. The molecular formula is C6H12O3. The van der Waals surface area contributed by atoms with Gasteiger partial charge in [0.25, 0.3) is 0 Å². The van der Waals surface area contributed by atoms with E-state index < -0.39 is 12.7 Å². The molecule has 0 fully saturated rings. The van der Waals surface area contributed by atoms with Gasteiger partial charge in [0.2, 0.25) is 0 Å². The van der Waals surface area contributed by atoms with Crippen molar-refractivity contribution in [2.75, 3.05) is 6.61 Å². The van der Waals surface area contributed by atoms with E-state index >= 15 is 0 Å². The third-order valence-electron chi connectivity index (χ3n) is 1.02. The predicted molar refractivity (Wildman–Crippen MR) is 32.9 cm³/mol. The molecule has 3 nitrogen and oxygen atoms in total. The molecule has 54 valence electrons. The quantitative estimate of drug-likeness (QED) is 0.501. The van der Waals surface area contributed by atoms with Gasteiger partial charge in [0.15, 0.2) is 0 Å². The normalized spacial score (nSPS) is 15.0. The molecule has 3 N–H and O–H groups in total. The van der Waals surface area contributed by atoms with Crippen LogP contribution in [0.4, 0.5) is 0 Å². The Morgan fingerprint density at radius 3 is 2.00 bits per heavy atom. The van der Waals surface area contributed by atoms with E-state index in [4.69, 9.17) is 15.3 Å². The van der Waals surface area contributed by atoms with Crippen molar-refractivity contribution in [2.45, 2.75) is 20.0 Å². The zero-order valence-corrected chi connectivity index (χ0v) is 5.63. The molecule has 3 heteroatoms. The van der Waals surface area contributed by atoms with Crippen molar-refractivity contribution >= 4 is 0 Å². The van der Waals surface area contributed by atoms with E-state index in [1.807, 2.05) is 0 Å². The van der Waals surface area contributed by atoms with Gasteiger partial charge in [-0.05, 0) is 0 Å². The number of hydrogen-bond donors (Lipinski definition) is 3. The van der Waals surface area contributed by atoms with Gasteiger partial charge in [-0.1, -0.05) is 13.8 Å². The van der Waals surface area contributed by atoms with Crippen molar-refractivity contribution in [3.63, 3.8) is 0 Å². The van der Waals surface area contributed by atoms with Crippen molar-refractivity contribution < 1.29 is 15.3 Å². The van der Waals surface area contributed by atoms with E-state index in [9.17, 15) is 0 Å². The van der Waals surface area contributed by atoms with Gasteiger partial charge in [-0.3, -0.25) is 0 Å². The summed E-state index contributed by atoms with van der Waals surface area (Å²) in [6.45, 7) is 2.87. The molecule has 0 rings (SSSR count). The Kier molecular flexibility index (Phi) is 3.77. The smallest absolute Gasteiger partial charge is 0.147 e. The highest BCUT2D eigenvalue weighted by Crippen LogP contribution is 2.12. The lowest BCUT2D eigenvalue weighted by atomic mass is 10.0. The summed E-state index contributed by atoms with van der Waals surface area (Å²) in [4.78, 5) is 0. The second kappa shape index (κ2) is 3.82. The van der Waals surface area contributed by atoms with Crippen molar-refractivity contribution in [2.24, 2.45) is 0 Å². The fraction of sp³-hybridized carbons (Fsp3) is 0.667. The lowest BCUT2D eigenvalue weighted by molar-refractivity contribution is 0.0717. The van der Waals surface area contributed by atoms with Crippen molar-refractivity contribution in [3.8, 4) is 0 Å². The molecule has 0 aliphatic carbocycles. The fourth-order valence-electron chi connectivity index (χ4n) is 0.420. The summed E-state index contributed by atoms with van der Waals surface area (Å²) in [5.41, 5.74) is 0. The average Bonchev–Trinajstić information content (AvgIpc) is 1.84. The molecule has 0 aliphatic rings. The SMILES string of the molecule is C[C](C)C(O)[C](O)CO. The van der Waals surface area contributed by atoms with Crippen LogP contribution in [-0.2, 0) is 0 Å². The van der Waals surface area contributed by atoms with Crippen LogP contribution in [0.2, 0.25) is 0 Å². The second-order valence-corrected chi connectivity index (χ2v) is 2.13. The Bertz CT molecular complexity index is 72.7. The summed E-state index contributed by atoms with van der Waals surface area (Å²) in [6, 6.07) is 0. The average molecular weight is 132 g/mol. The lowest BCUT2D eigenvalue weighted by Crippen LogP contribution is -2.25. The Labute approximate surface area is 54.9 Å². The zero-order valence-electron chi connectivity index (χ0n) is 5.63. The van der Waals surface area contributed by atoms with Gasteiger partial charge in [-0.2, -0.15) is 0 Å². The lowest BCUT2D eigenvalue weighted by Gasteiger charge is -2.16. The van der Waals surface area contributed by atoms with Crippen LogP contribution in [0.25, 0.3) is 0 Å². The number of rotatable bonds is 3. The van der Waals surface area contributed by atoms with Crippen LogP contribution in [0.3, 0.4) is 0 Å². The van der Waals surface area contributed by atoms with Crippen molar-refractivity contribution in [1.29, 1.82) is 0 Å². The van der Waals surface area contributed by atoms with Crippen LogP contribution in [-0.4, -0.2) is 28.0 Å². The zero-order chi connectivity index (χ0) is 7.44. The largest absolute Gasteiger partial charge is 0.393 e. The minimum atomic E-state index is -0.977. The molecule has 0 aromatic carbocycles. The molecule has 9 heavy (non-hydrogen) atoms. The first-order valence-electron chi connectivity index (χ1n) is 2.73. The fourth-order valence-corrected chi connectivity index (χ4v) is 0.420. The molecule has 0 bridgehead atoms.